The predicted molar refractivity (Wildman–Crippen MR) is 67.2 cm³/mol. The van der Waals surface area contributed by atoms with Crippen LogP contribution in [0.5, 0.6) is 0 Å². The summed E-state index contributed by atoms with van der Waals surface area (Å²) in [6.07, 6.45) is 5.39. The highest BCUT2D eigenvalue weighted by atomic mass is 15.1. The Bertz CT molecular complexity index is 173. The lowest BCUT2D eigenvalue weighted by atomic mass is 9.65. The lowest BCUT2D eigenvalue weighted by Gasteiger charge is -2.46. The van der Waals surface area contributed by atoms with Crippen molar-refractivity contribution in [3.8, 4) is 0 Å². The molecule has 0 atom stereocenters. The molecule has 0 aromatic heterocycles. The molecule has 0 aliphatic heterocycles. The Morgan fingerprint density at radius 3 is 2.40 bits per heavy atom. The molecule has 2 heteroatoms. The van der Waals surface area contributed by atoms with Crippen LogP contribution in [-0.4, -0.2) is 37.6 Å². The molecule has 1 aliphatic rings. The van der Waals surface area contributed by atoms with E-state index in [1.54, 1.807) is 0 Å². The van der Waals surface area contributed by atoms with Crippen molar-refractivity contribution in [1.82, 2.24) is 10.2 Å². The van der Waals surface area contributed by atoms with Crippen LogP contribution in [-0.2, 0) is 0 Å². The van der Waals surface area contributed by atoms with Crippen LogP contribution in [0, 0.1) is 5.41 Å². The van der Waals surface area contributed by atoms with Gasteiger partial charge in [0.25, 0.3) is 0 Å². The summed E-state index contributed by atoms with van der Waals surface area (Å²) in [6, 6.07) is 0.788. The molecule has 1 aliphatic carbocycles. The molecule has 15 heavy (non-hydrogen) atoms. The largest absolute Gasteiger partial charge is 0.317 e. The van der Waals surface area contributed by atoms with E-state index in [0.717, 1.165) is 6.04 Å². The van der Waals surface area contributed by atoms with Gasteiger partial charge in [-0.3, -0.25) is 0 Å². The number of rotatable bonds is 7. The molecule has 0 bridgehead atoms. The second-order valence-electron chi connectivity index (χ2n) is 5.39. The van der Waals surface area contributed by atoms with E-state index >= 15 is 0 Å². The van der Waals surface area contributed by atoms with Gasteiger partial charge in [-0.1, -0.05) is 20.8 Å². The normalized spacial score (nSPS) is 30.6. The molecule has 1 rings (SSSR count). The molecule has 90 valence electrons. The number of nitrogens with zero attached hydrogens (tertiary/aromatic N) is 1. The van der Waals surface area contributed by atoms with Crippen molar-refractivity contribution >= 4 is 0 Å². The molecule has 0 spiro atoms. The molecule has 0 radical (unpaired) electrons. The average Bonchev–Trinajstić information content (AvgIpc) is 2.20. The van der Waals surface area contributed by atoms with Crippen molar-refractivity contribution in [2.24, 2.45) is 5.41 Å². The van der Waals surface area contributed by atoms with Crippen LogP contribution >= 0.6 is 0 Å². The average molecular weight is 212 g/mol. The Hall–Kier alpha value is -0.0800. The quantitative estimate of drug-likeness (QED) is 0.697. The lowest BCUT2D eigenvalue weighted by Crippen LogP contribution is -2.47. The smallest absolute Gasteiger partial charge is 0.00744 e. The van der Waals surface area contributed by atoms with Crippen molar-refractivity contribution in [2.45, 2.75) is 52.5 Å². The van der Waals surface area contributed by atoms with Gasteiger partial charge in [-0.2, -0.15) is 0 Å². The van der Waals surface area contributed by atoms with Crippen LogP contribution in [0.2, 0.25) is 0 Å². The maximum Gasteiger partial charge on any atom is 0.00744 e. The minimum absolute atomic E-state index is 0.620. The van der Waals surface area contributed by atoms with E-state index in [2.05, 4.69) is 38.0 Å². The first-order valence-electron chi connectivity index (χ1n) is 6.53. The first kappa shape index (κ1) is 13.0. The highest BCUT2D eigenvalue weighted by Gasteiger charge is 2.38. The summed E-state index contributed by atoms with van der Waals surface area (Å²) in [4.78, 5) is 2.58. The minimum Gasteiger partial charge on any atom is -0.317 e. The summed E-state index contributed by atoms with van der Waals surface area (Å²) in [6.45, 7) is 10.7. The summed E-state index contributed by atoms with van der Waals surface area (Å²) in [5, 5.41) is 3.37. The van der Waals surface area contributed by atoms with Gasteiger partial charge in [-0.25, -0.2) is 0 Å². The second kappa shape index (κ2) is 5.86. The molecule has 0 aromatic rings. The van der Waals surface area contributed by atoms with Crippen molar-refractivity contribution in [3.05, 3.63) is 0 Å². The molecule has 0 amide bonds. The van der Waals surface area contributed by atoms with Gasteiger partial charge < -0.3 is 10.2 Å². The maximum absolute atomic E-state index is 3.37. The van der Waals surface area contributed by atoms with Crippen LogP contribution in [0.4, 0.5) is 0 Å². The fourth-order valence-corrected chi connectivity index (χ4v) is 2.71. The van der Waals surface area contributed by atoms with Crippen molar-refractivity contribution < 1.29 is 0 Å². The zero-order valence-electron chi connectivity index (χ0n) is 11.0. The van der Waals surface area contributed by atoms with Crippen molar-refractivity contribution in [2.75, 3.05) is 26.7 Å². The van der Waals surface area contributed by atoms with Crippen LogP contribution < -0.4 is 5.32 Å². The molecule has 1 N–H and O–H groups in total. The molecule has 0 aromatic carbocycles. The third-order valence-electron chi connectivity index (χ3n) is 3.91. The Morgan fingerprint density at radius 2 is 1.93 bits per heavy atom. The van der Waals surface area contributed by atoms with E-state index in [1.807, 2.05) is 0 Å². The first-order valence-corrected chi connectivity index (χ1v) is 6.53. The van der Waals surface area contributed by atoms with E-state index in [9.17, 15) is 0 Å². The van der Waals surface area contributed by atoms with Crippen molar-refractivity contribution in [3.63, 3.8) is 0 Å². The SMILES string of the molecule is CCCN(CC)CCC1(C)CC(NC)C1. The maximum atomic E-state index is 3.37. The topological polar surface area (TPSA) is 15.3 Å². The van der Waals surface area contributed by atoms with Gasteiger partial charge in [0.1, 0.15) is 0 Å². The Labute approximate surface area is 95.4 Å². The summed E-state index contributed by atoms with van der Waals surface area (Å²) in [5.41, 5.74) is 0.620. The summed E-state index contributed by atoms with van der Waals surface area (Å²) in [5.74, 6) is 0. The fraction of sp³-hybridized carbons (Fsp3) is 1.00. The van der Waals surface area contributed by atoms with Crippen LogP contribution in [0.25, 0.3) is 0 Å². The monoisotopic (exact) mass is 212 g/mol. The molecular formula is C13H28N2. The van der Waals surface area contributed by atoms with Crippen LogP contribution in [0.15, 0.2) is 0 Å². The number of nitrogens with one attached hydrogen (secondary N) is 1. The predicted octanol–water partition coefficient (Wildman–Crippen LogP) is 2.50. The van der Waals surface area contributed by atoms with Gasteiger partial charge in [0.15, 0.2) is 0 Å². The van der Waals surface area contributed by atoms with E-state index < -0.39 is 0 Å². The zero-order valence-corrected chi connectivity index (χ0v) is 11.0. The van der Waals surface area contributed by atoms with Gasteiger partial charge in [-0.15, -0.1) is 0 Å². The molecular weight excluding hydrogens is 184 g/mol. The van der Waals surface area contributed by atoms with E-state index in [1.165, 1.54) is 45.3 Å². The highest BCUT2D eigenvalue weighted by molar-refractivity contribution is 4.94. The summed E-state index contributed by atoms with van der Waals surface area (Å²) >= 11 is 0. The van der Waals surface area contributed by atoms with Gasteiger partial charge in [0.2, 0.25) is 0 Å². The molecule has 1 fully saturated rings. The second-order valence-corrected chi connectivity index (χ2v) is 5.39. The van der Waals surface area contributed by atoms with Crippen LogP contribution in [0.3, 0.4) is 0 Å². The van der Waals surface area contributed by atoms with E-state index in [-0.39, 0.29) is 0 Å². The Morgan fingerprint density at radius 1 is 1.27 bits per heavy atom. The van der Waals surface area contributed by atoms with Gasteiger partial charge in [0, 0.05) is 6.04 Å². The third-order valence-corrected chi connectivity index (χ3v) is 3.91. The lowest BCUT2D eigenvalue weighted by molar-refractivity contribution is 0.0811. The third kappa shape index (κ3) is 3.76. The van der Waals surface area contributed by atoms with Gasteiger partial charge in [-0.05, 0) is 57.8 Å². The fourth-order valence-electron chi connectivity index (χ4n) is 2.71. The zero-order chi connectivity index (χ0) is 11.3. The number of hydrogen-bond donors (Lipinski definition) is 1. The van der Waals surface area contributed by atoms with E-state index in [4.69, 9.17) is 0 Å². The molecule has 0 saturated heterocycles. The summed E-state index contributed by atoms with van der Waals surface area (Å²) in [7, 11) is 2.08. The highest BCUT2D eigenvalue weighted by Crippen LogP contribution is 2.43. The van der Waals surface area contributed by atoms with Gasteiger partial charge >= 0.3 is 0 Å². The van der Waals surface area contributed by atoms with Crippen LogP contribution in [0.1, 0.15) is 46.5 Å². The molecule has 1 saturated carbocycles. The summed E-state index contributed by atoms with van der Waals surface area (Å²) < 4.78 is 0. The van der Waals surface area contributed by atoms with Gasteiger partial charge in [0.05, 0.1) is 0 Å². The molecule has 2 nitrogen and oxygen atoms in total. The standard InChI is InChI=1S/C13H28N2/c1-5-8-15(6-2)9-7-13(3)10-12(11-13)14-4/h12,14H,5-11H2,1-4H3. The van der Waals surface area contributed by atoms with Crippen molar-refractivity contribution in [1.29, 1.82) is 0 Å². The molecule has 0 heterocycles. The first-order chi connectivity index (χ1) is 7.13. The Balaban J connectivity index is 2.19. The molecule has 0 unspecified atom stereocenters. The Kier molecular flexibility index (Phi) is 5.07. The minimum atomic E-state index is 0.620. The van der Waals surface area contributed by atoms with E-state index in [0.29, 0.717) is 5.41 Å². The number of hydrogen-bond acceptors (Lipinski definition) is 2.